The molecule has 0 aromatic carbocycles. The molecular weight excluding hydrogens is 314 g/mol. The molecule has 0 unspecified atom stereocenters. The number of hydrogen-bond acceptors (Lipinski definition) is 2. The number of amides is 1. The summed E-state index contributed by atoms with van der Waals surface area (Å²) in [5, 5.41) is 16.7. The van der Waals surface area contributed by atoms with Crippen molar-refractivity contribution < 1.29 is 14.6 Å². The van der Waals surface area contributed by atoms with Crippen LogP contribution in [0.2, 0.25) is 0 Å². The van der Waals surface area contributed by atoms with E-state index in [0.29, 0.717) is 19.3 Å². The molecule has 5 heteroatoms. The number of nitrogens with zero attached hydrogens (tertiary/aromatic N) is 2. The zero-order chi connectivity index (χ0) is 18.5. The minimum atomic E-state index is -0.438. The van der Waals surface area contributed by atoms with Crippen LogP contribution in [0.15, 0.2) is 30.6 Å². The van der Waals surface area contributed by atoms with Crippen molar-refractivity contribution in [1.29, 1.82) is 0 Å². The van der Waals surface area contributed by atoms with E-state index < -0.39 is 11.1 Å². The van der Waals surface area contributed by atoms with Gasteiger partial charge in [0.1, 0.15) is 6.54 Å². The highest BCUT2D eigenvalue weighted by Gasteiger charge is 2.46. The maximum atomic E-state index is 12.4. The zero-order valence-corrected chi connectivity index (χ0v) is 16.1. The predicted octanol–water partition coefficient (Wildman–Crippen LogP) is 3.02. The lowest BCUT2D eigenvalue weighted by Gasteiger charge is -2.50. The number of hydroxylamine groups is 2. The Hall–Kier alpha value is -1.46. The summed E-state index contributed by atoms with van der Waals surface area (Å²) in [4.78, 5) is 12.2. The molecule has 1 radical (unpaired) electrons. The molecule has 1 fully saturated rings. The summed E-state index contributed by atoms with van der Waals surface area (Å²) in [5.74, 6) is 0.114. The van der Waals surface area contributed by atoms with Crippen LogP contribution in [-0.4, -0.2) is 28.1 Å². The van der Waals surface area contributed by atoms with Crippen molar-refractivity contribution in [2.75, 3.05) is 0 Å². The largest absolute Gasteiger partial charge is 0.353 e. The zero-order valence-electron chi connectivity index (χ0n) is 16.1. The van der Waals surface area contributed by atoms with Crippen LogP contribution < -0.4 is 9.88 Å². The highest BCUT2D eigenvalue weighted by Crippen LogP contribution is 2.36. The third kappa shape index (κ3) is 5.79. The van der Waals surface area contributed by atoms with Crippen molar-refractivity contribution >= 4 is 5.91 Å². The minimum Gasteiger partial charge on any atom is -0.353 e. The van der Waals surface area contributed by atoms with E-state index in [0.717, 1.165) is 25.8 Å². The first-order chi connectivity index (χ1) is 11.7. The van der Waals surface area contributed by atoms with E-state index in [9.17, 15) is 10.0 Å². The topological polar surface area (TPSA) is 56.1 Å². The summed E-state index contributed by atoms with van der Waals surface area (Å²) in [6.45, 7) is 8.83. The van der Waals surface area contributed by atoms with Gasteiger partial charge in [0.05, 0.1) is 0 Å². The molecule has 25 heavy (non-hydrogen) atoms. The maximum Gasteiger partial charge on any atom is 0.220 e. The Balaban J connectivity index is 1.68. The summed E-state index contributed by atoms with van der Waals surface area (Å²) >= 11 is 0. The first-order valence-electron chi connectivity index (χ1n) is 9.42. The number of pyridine rings is 1. The number of hydrogen-bond donors (Lipinski definition) is 1. The van der Waals surface area contributed by atoms with E-state index in [4.69, 9.17) is 0 Å². The van der Waals surface area contributed by atoms with Crippen LogP contribution in [-0.2, 0) is 16.5 Å². The molecule has 0 spiro atoms. The molecule has 0 saturated carbocycles. The number of carbonyl (C=O) groups is 1. The number of aryl methyl sites for hydroxylation is 1. The Labute approximate surface area is 152 Å². The number of carbonyl (C=O) groups excluding carboxylic acids is 1. The van der Waals surface area contributed by atoms with Crippen LogP contribution >= 0.6 is 0 Å². The normalized spacial score (nSPS) is 20.4. The third-order valence-electron chi connectivity index (χ3n) is 5.05. The van der Waals surface area contributed by atoms with Crippen LogP contribution in [0.1, 0.15) is 66.2 Å². The molecule has 139 valence electrons. The lowest BCUT2D eigenvalue weighted by atomic mass is 9.79. The maximum absolute atomic E-state index is 12.4. The van der Waals surface area contributed by atoms with Crippen molar-refractivity contribution in [3.8, 4) is 0 Å². The van der Waals surface area contributed by atoms with Gasteiger partial charge in [0, 0.05) is 42.1 Å². The van der Waals surface area contributed by atoms with Gasteiger partial charge in [0.25, 0.3) is 0 Å². The van der Waals surface area contributed by atoms with Crippen LogP contribution in [0, 0.1) is 0 Å². The second-order valence-corrected chi connectivity index (χ2v) is 8.52. The molecular formula is C20H33N3O2+. The highest BCUT2D eigenvalue weighted by molar-refractivity contribution is 5.76. The first kappa shape index (κ1) is 19.9. The summed E-state index contributed by atoms with van der Waals surface area (Å²) in [7, 11) is 0. The number of piperidine rings is 1. The molecule has 1 aromatic heterocycles. The van der Waals surface area contributed by atoms with Gasteiger partial charge in [0.15, 0.2) is 12.4 Å². The molecule has 0 atom stereocenters. The number of nitrogens with one attached hydrogen (secondary N) is 1. The fourth-order valence-corrected chi connectivity index (χ4v) is 4.01. The average Bonchev–Trinajstić information content (AvgIpc) is 2.52. The molecule has 0 bridgehead atoms. The fourth-order valence-electron chi connectivity index (χ4n) is 4.01. The quantitative estimate of drug-likeness (QED) is 0.609. The first-order valence-corrected chi connectivity index (χ1v) is 9.42. The van der Waals surface area contributed by atoms with Gasteiger partial charge in [-0.15, -0.1) is 10.3 Å². The summed E-state index contributed by atoms with van der Waals surface area (Å²) < 4.78 is 2.17. The Morgan fingerprint density at radius 3 is 2.24 bits per heavy atom. The molecule has 2 rings (SSSR count). The van der Waals surface area contributed by atoms with Crippen LogP contribution in [0.4, 0.5) is 0 Å². The molecule has 1 N–H and O–H groups in total. The Bertz CT molecular complexity index is 539. The Morgan fingerprint density at radius 1 is 1.04 bits per heavy atom. The highest BCUT2D eigenvalue weighted by atomic mass is 16.5. The molecule has 5 nitrogen and oxygen atoms in total. The van der Waals surface area contributed by atoms with E-state index >= 15 is 0 Å². The molecule has 0 aliphatic carbocycles. The third-order valence-corrected chi connectivity index (χ3v) is 5.05. The van der Waals surface area contributed by atoms with Crippen molar-refractivity contribution in [2.45, 2.75) is 89.9 Å². The van der Waals surface area contributed by atoms with Gasteiger partial charge < -0.3 is 5.32 Å². The lowest BCUT2D eigenvalue weighted by molar-refractivity contribution is -0.697. The molecule has 1 aliphatic rings. The van der Waals surface area contributed by atoms with E-state index in [1.165, 1.54) is 5.06 Å². The molecule has 1 aliphatic heterocycles. The van der Waals surface area contributed by atoms with Gasteiger partial charge in [0.2, 0.25) is 5.91 Å². The average molecular weight is 348 g/mol. The van der Waals surface area contributed by atoms with Gasteiger partial charge in [-0.1, -0.05) is 6.07 Å². The molecule has 1 saturated heterocycles. The van der Waals surface area contributed by atoms with Crippen LogP contribution in [0.25, 0.3) is 0 Å². The number of rotatable bonds is 7. The van der Waals surface area contributed by atoms with Crippen molar-refractivity contribution in [3.63, 3.8) is 0 Å². The van der Waals surface area contributed by atoms with Crippen molar-refractivity contribution in [2.24, 2.45) is 0 Å². The van der Waals surface area contributed by atoms with Gasteiger partial charge in [-0.3, -0.25) is 4.79 Å². The van der Waals surface area contributed by atoms with E-state index in [1.54, 1.807) is 0 Å². The van der Waals surface area contributed by atoms with Gasteiger partial charge in [-0.05, 0) is 53.4 Å². The number of unbranched alkanes of at least 4 members (excludes halogenated alkanes) is 2. The van der Waals surface area contributed by atoms with E-state index in [1.807, 2.05) is 45.9 Å². The predicted molar refractivity (Wildman–Crippen MR) is 97.0 cm³/mol. The summed E-state index contributed by atoms with van der Waals surface area (Å²) in [6.07, 6.45) is 9.15. The molecule has 1 aromatic rings. The second kappa shape index (κ2) is 8.28. The Morgan fingerprint density at radius 2 is 1.64 bits per heavy atom. The van der Waals surface area contributed by atoms with Gasteiger partial charge in [-0.25, -0.2) is 4.57 Å². The minimum absolute atomic E-state index is 0.0857. The van der Waals surface area contributed by atoms with Gasteiger partial charge in [-0.2, -0.15) is 0 Å². The van der Waals surface area contributed by atoms with Crippen LogP contribution in [0.3, 0.4) is 0 Å². The molecule has 2 heterocycles. The fraction of sp³-hybridized carbons (Fsp3) is 0.700. The number of aromatic nitrogens is 1. The van der Waals surface area contributed by atoms with Gasteiger partial charge >= 0.3 is 0 Å². The smallest absolute Gasteiger partial charge is 0.220 e. The second-order valence-electron chi connectivity index (χ2n) is 8.52. The lowest BCUT2D eigenvalue weighted by Crippen LogP contribution is -2.62. The standard InChI is InChI=1S/C20H32N3O2/c1-19(2)15-17(16-20(3,4)23(19)25)21-18(24)11-7-5-8-12-22-13-9-6-10-14-22/h6,9-10,13-14,17H,5,7-8,11-12,15-16H2,1-4H3/p+1. The van der Waals surface area contributed by atoms with Crippen molar-refractivity contribution in [3.05, 3.63) is 30.6 Å². The Kier molecular flexibility index (Phi) is 6.58. The summed E-state index contributed by atoms with van der Waals surface area (Å²) in [5.41, 5.74) is -0.876. The van der Waals surface area contributed by atoms with Crippen LogP contribution in [0.5, 0.6) is 0 Å². The molecule has 1 amide bonds. The van der Waals surface area contributed by atoms with Crippen molar-refractivity contribution in [1.82, 2.24) is 10.4 Å². The van der Waals surface area contributed by atoms with E-state index in [-0.39, 0.29) is 11.9 Å². The monoisotopic (exact) mass is 347 g/mol. The van der Waals surface area contributed by atoms with E-state index in [2.05, 4.69) is 22.3 Å². The summed E-state index contributed by atoms with van der Waals surface area (Å²) in [6, 6.07) is 6.16. The SMILES string of the molecule is CC1(C)CC(NC(=O)CCCCC[n+]2ccccc2)CC(C)(C)N1[O].